The van der Waals surface area contributed by atoms with Gasteiger partial charge in [-0.2, -0.15) is 5.26 Å². The number of amides is 1. The number of carbonyl (C=O) groups excluding carboxylic acids is 1. The van der Waals surface area contributed by atoms with Crippen molar-refractivity contribution in [1.29, 1.82) is 5.26 Å². The summed E-state index contributed by atoms with van der Waals surface area (Å²) < 4.78 is 11.3. The van der Waals surface area contributed by atoms with Crippen molar-refractivity contribution in [1.82, 2.24) is 0 Å². The first-order chi connectivity index (χ1) is 9.53. The first kappa shape index (κ1) is 15.8. The summed E-state index contributed by atoms with van der Waals surface area (Å²) in [6, 6.07) is 5.08. The molecule has 0 unspecified atom stereocenters. The van der Waals surface area contributed by atoms with Crippen LogP contribution in [0.5, 0.6) is 11.5 Å². The third-order valence-electron chi connectivity index (χ3n) is 2.29. The minimum Gasteiger partial charge on any atom is -0.493 e. The standard InChI is InChI=1S/C14H13BrN2O3/c1-3-4-20-13-11(15)6-9(7-12(13)19-2)5-10(8-16)14(17)18/h3,5-7H,1,4H2,2H3,(H2,17,18)/b10-5-. The molecule has 1 aromatic rings. The number of carbonyl (C=O) groups is 1. The molecule has 0 saturated heterocycles. The third-order valence-corrected chi connectivity index (χ3v) is 2.88. The molecule has 0 aliphatic heterocycles. The van der Waals surface area contributed by atoms with Crippen LogP contribution < -0.4 is 15.2 Å². The molecular formula is C14H13BrN2O3. The Bertz CT molecular complexity index is 603. The monoisotopic (exact) mass is 336 g/mol. The average Bonchev–Trinajstić information content (AvgIpc) is 2.42. The number of nitrogens with zero attached hydrogens (tertiary/aromatic N) is 1. The van der Waals surface area contributed by atoms with Gasteiger partial charge < -0.3 is 15.2 Å². The predicted molar refractivity (Wildman–Crippen MR) is 79.2 cm³/mol. The number of halogens is 1. The zero-order valence-corrected chi connectivity index (χ0v) is 12.4. The molecular weight excluding hydrogens is 324 g/mol. The normalized spacial score (nSPS) is 10.6. The Morgan fingerprint density at radius 2 is 2.30 bits per heavy atom. The quantitative estimate of drug-likeness (QED) is 0.491. The van der Waals surface area contributed by atoms with E-state index in [0.29, 0.717) is 28.1 Å². The molecule has 1 rings (SSSR count). The summed E-state index contributed by atoms with van der Waals surface area (Å²) in [6.45, 7) is 3.90. The molecule has 2 N–H and O–H groups in total. The summed E-state index contributed by atoms with van der Waals surface area (Å²) in [5.41, 5.74) is 5.54. The van der Waals surface area contributed by atoms with Gasteiger partial charge >= 0.3 is 0 Å². The molecule has 20 heavy (non-hydrogen) atoms. The van der Waals surface area contributed by atoms with E-state index in [4.69, 9.17) is 20.5 Å². The summed E-state index contributed by atoms with van der Waals surface area (Å²) in [7, 11) is 1.50. The second-order valence-corrected chi connectivity index (χ2v) is 4.52. The van der Waals surface area contributed by atoms with Crippen LogP contribution in [0.4, 0.5) is 0 Å². The molecule has 0 heterocycles. The maximum Gasteiger partial charge on any atom is 0.259 e. The van der Waals surface area contributed by atoms with E-state index < -0.39 is 5.91 Å². The van der Waals surface area contributed by atoms with Crippen LogP contribution in [0.2, 0.25) is 0 Å². The molecule has 104 valence electrons. The average molecular weight is 337 g/mol. The molecule has 0 aliphatic carbocycles. The van der Waals surface area contributed by atoms with Gasteiger partial charge in [0, 0.05) is 0 Å². The van der Waals surface area contributed by atoms with Crippen LogP contribution in [-0.2, 0) is 4.79 Å². The maximum atomic E-state index is 11.0. The first-order valence-corrected chi connectivity index (χ1v) is 6.35. The number of nitrogens with two attached hydrogens (primary N) is 1. The van der Waals surface area contributed by atoms with Gasteiger partial charge in [0.2, 0.25) is 0 Å². The molecule has 0 atom stereocenters. The van der Waals surface area contributed by atoms with Gasteiger partial charge in [-0.05, 0) is 39.7 Å². The molecule has 1 aromatic carbocycles. The van der Waals surface area contributed by atoms with Crippen molar-refractivity contribution in [2.75, 3.05) is 13.7 Å². The molecule has 0 aromatic heterocycles. The van der Waals surface area contributed by atoms with Crippen LogP contribution in [0, 0.1) is 11.3 Å². The molecule has 1 amide bonds. The highest BCUT2D eigenvalue weighted by Crippen LogP contribution is 2.37. The minimum atomic E-state index is -0.783. The number of nitriles is 1. The molecule has 5 nitrogen and oxygen atoms in total. The van der Waals surface area contributed by atoms with Crippen LogP contribution in [0.15, 0.2) is 34.8 Å². The Morgan fingerprint density at radius 1 is 1.60 bits per heavy atom. The lowest BCUT2D eigenvalue weighted by Crippen LogP contribution is -2.12. The van der Waals surface area contributed by atoms with Crippen molar-refractivity contribution in [3.63, 3.8) is 0 Å². The number of primary amides is 1. The number of hydrogen-bond acceptors (Lipinski definition) is 4. The summed E-state index contributed by atoms with van der Waals surface area (Å²) in [4.78, 5) is 11.0. The minimum absolute atomic E-state index is 0.140. The summed E-state index contributed by atoms with van der Waals surface area (Å²) >= 11 is 3.35. The van der Waals surface area contributed by atoms with E-state index in [0.717, 1.165) is 0 Å². The van der Waals surface area contributed by atoms with Crippen molar-refractivity contribution < 1.29 is 14.3 Å². The van der Waals surface area contributed by atoms with Crippen molar-refractivity contribution in [3.8, 4) is 17.6 Å². The summed E-state index contributed by atoms with van der Waals surface area (Å²) in [6.07, 6.45) is 2.99. The summed E-state index contributed by atoms with van der Waals surface area (Å²) in [5, 5.41) is 8.83. The Hall–Kier alpha value is -2.26. The Labute approximate surface area is 125 Å². The van der Waals surface area contributed by atoms with Crippen molar-refractivity contribution >= 4 is 27.9 Å². The number of benzene rings is 1. The molecule has 0 bridgehead atoms. The number of hydrogen-bond donors (Lipinski definition) is 1. The lowest BCUT2D eigenvalue weighted by molar-refractivity contribution is -0.114. The van der Waals surface area contributed by atoms with Gasteiger partial charge in [0.05, 0.1) is 11.6 Å². The summed E-state index contributed by atoms with van der Waals surface area (Å²) in [5.74, 6) is 0.200. The van der Waals surface area contributed by atoms with Gasteiger partial charge in [0.1, 0.15) is 18.2 Å². The molecule has 0 aliphatic rings. The fraction of sp³-hybridized carbons (Fsp3) is 0.143. The number of rotatable bonds is 6. The molecule has 0 saturated carbocycles. The van der Waals surface area contributed by atoms with Crippen molar-refractivity contribution in [3.05, 3.63) is 40.4 Å². The lowest BCUT2D eigenvalue weighted by Gasteiger charge is -2.12. The zero-order chi connectivity index (χ0) is 15.1. The van der Waals surface area contributed by atoms with E-state index in [1.165, 1.54) is 13.2 Å². The fourth-order valence-corrected chi connectivity index (χ4v) is 2.00. The van der Waals surface area contributed by atoms with E-state index >= 15 is 0 Å². The first-order valence-electron chi connectivity index (χ1n) is 5.56. The van der Waals surface area contributed by atoms with E-state index in [1.807, 2.05) is 0 Å². The van der Waals surface area contributed by atoms with E-state index in [-0.39, 0.29) is 5.57 Å². The molecule has 0 fully saturated rings. The van der Waals surface area contributed by atoms with Gasteiger partial charge in [-0.1, -0.05) is 12.7 Å². The zero-order valence-electron chi connectivity index (χ0n) is 10.9. The van der Waals surface area contributed by atoms with Crippen LogP contribution in [0.25, 0.3) is 6.08 Å². The van der Waals surface area contributed by atoms with Gasteiger partial charge in [-0.3, -0.25) is 4.79 Å². The third kappa shape index (κ3) is 3.87. The van der Waals surface area contributed by atoms with Crippen molar-refractivity contribution in [2.45, 2.75) is 0 Å². The number of methoxy groups -OCH3 is 1. The van der Waals surface area contributed by atoms with Crippen LogP contribution in [-0.4, -0.2) is 19.6 Å². The van der Waals surface area contributed by atoms with Gasteiger partial charge in [0.25, 0.3) is 5.91 Å². The van der Waals surface area contributed by atoms with Crippen LogP contribution in [0.1, 0.15) is 5.56 Å². The van der Waals surface area contributed by atoms with E-state index in [9.17, 15) is 4.79 Å². The highest BCUT2D eigenvalue weighted by molar-refractivity contribution is 9.10. The Balaban J connectivity index is 3.26. The maximum absolute atomic E-state index is 11.0. The van der Waals surface area contributed by atoms with Gasteiger partial charge in [-0.15, -0.1) is 0 Å². The van der Waals surface area contributed by atoms with Crippen molar-refractivity contribution in [2.24, 2.45) is 5.73 Å². The van der Waals surface area contributed by atoms with E-state index in [1.54, 1.807) is 24.3 Å². The predicted octanol–water partition coefficient (Wildman–Crippen LogP) is 2.41. The molecule has 6 heteroatoms. The Kier molecular flexibility index (Phi) is 5.81. The fourth-order valence-electron chi connectivity index (χ4n) is 1.43. The molecule has 0 spiro atoms. The Morgan fingerprint density at radius 3 is 2.80 bits per heavy atom. The smallest absolute Gasteiger partial charge is 0.259 e. The topological polar surface area (TPSA) is 85.3 Å². The second-order valence-electron chi connectivity index (χ2n) is 3.67. The SMILES string of the molecule is C=CCOc1c(Br)cc(/C=C(/C#N)C(N)=O)cc1OC. The van der Waals surface area contributed by atoms with Gasteiger partial charge in [0.15, 0.2) is 11.5 Å². The highest BCUT2D eigenvalue weighted by atomic mass is 79.9. The highest BCUT2D eigenvalue weighted by Gasteiger charge is 2.12. The lowest BCUT2D eigenvalue weighted by atomic mass is 10.1. The number of ether oxygens (including phenoxy) is 2. The second kappa shape index (κ2) is 7.36. The van der Waals surface area contributed by atoms with Crippen LogP contribution >= 0.6 is 15.9 Å². The van der Waals surface area contributed by atoms with Gasteiger partial charge in [-0.25, -0.2) is 0 Å². The largest absolute Gasteiger partial charge is 0.493 e. The van der Waals surface area contributed by atoms with Crippen LogP contribution in [0.3, 0.4) is 0 Å². The molecule has 0 radical (unpaired) electrons. The van der Waals surface area contributed by atoms with E-state index in [2.05, 4.69) is 22.5 Å².